The second kappa shape index (κ2) is 13.7. The summed E-state index contributed by atoms with van der Waals surface area (Å²) in [5, 5.41) is 23.1. The van der Waals surface area contributed by atoms with Gasteiger partial charge in [0.2, 0.25) is 0 Å². The largest absolute Gasteiger partial charge is 2.00 e. The van der Waals surface area contributed by atoms with Crippen LogP contribution in [-0.2, 0) is 42.3 Å². The van der Waals surface area contributed by atoms with Gasteiger partial charge in [0.1, 0.15) is 5.71 Å². The molecule has 0 bridgehead atoms. The van der Waals surface area contributed by atoms with E-state index in [2.05, 4.69) is 41.0 Å². The van der Waals surface area contributed by atoms with Gasteiger partial charge >= 0.3 is 17.1 Å². The zero-order valence-electron chi connectivity index (χ0n) is 15.8. The van der Waals surface area contributed by atoms with Crippen LogP contribution in [0, 0.1) is 0 Å². The van der Waals surface area contributed by atoms with Crippen LogP contribution in [0.2, 0.25) is 0 Å². The third-order valence-electron chi connectivity index (χ3n) is 3.19. The molecule has 29 heavy (non-hydrogen) atoms. The van der Waals surface area contributed by atoms with Crippen molar-refractivity contribution < 1.29 is 17.1 Å². The zero-order chi connectivity index (χ0) is 20.2. The van der Waals surface area contributed by atoms with Crippen LogP contribution in [0.5, 0.6) is 0 Å². The Morgan fingerprint density at radius 2 is 1.31 bits per heavy atom. The Hall–Kier alpha value is -2.46. The summed E-state index contributed by atoms with van der Waals surface area (Å²) < 4.78 is 0. The van der Waals surface area contributed by atoms with E-state index < -0.39 is 0 Å². The van der Waals surface area contributed by atoms with Crippen molar-refractivity contribution in [1.82, 2.24) is 20.6 Å². The van der Waals surface area contributed by atoms with Gasteiger partial charge in [-0.1, -0.05) is 30.3 Å². The molecule has 1 radical (unpaired) electrons. The molecular formula is C18H20CuN8S2. The third kappa shape index (κ3) is 8.20. The molecule has 2 aromatic rings. The molecule has 0 aliphatic rings. The molecule has 1 aromatic heterocycles. The molecule has 8 nitrogen and oxygen atoms in total. The van der Waals surface area contributed by atoms with Crippen LogP contribution in [0.1, 0.15) is 25.2 Å². The molecule has 0 aliphatic heterocycles. The summed E-state index contributed by atoms with van der Waals surface area (Å²) in [6.07, 6.45) is 3.23. The molecule has 0 amide bonds. The van der Waals surface area contributed by atoms with Gasteiger partial charge in [0.15, 0.2) is 11.5 Å². The molecule has 2 rings (SSSR count). The first-order valence-electron chi connectivity index (χ1n) is 8.61. The summed E-state index contributed by atoms with van der Waals surface area (Å²) in [5.41, 5.74) is 1.52. The Kier molecular flexibility index (Phi) is 11.6. The van der Waals surface area contributed by atoms with E-state index in [1.165, 1.54) is 0 Å². The molecule has 2 N–H and O–H groups in total. The number of hydrogen-bond acceptors (Lipinski definition) is 8. The molecule has 0 fully saturated rings. The standard InChI is InChI=1S/C18H22N8S2.Cu/c1-3-19-17(27)25-23-14(13-9-6-5-7-10-13)15(16-21-11-8-12-22-16)24-26-18(28)20-4-2;/h5-12H,3-4H2,1-2H3,(H2,19,25,27)(H2,20,26,28);/q;+2/p-2. The maximum Gasteiger partial charge on any atom is 2.00 e. The average Bonchev–Trinajstić information content (AvgIpc) is 2.72. The topological polar surface area (TPSA) is 99.3 Å². The fraction of sp³-hybridized carbons (Fsp3) is 0.222. The SMILES string of the molecule is CCNC([S-])=NN=C(C(=NN=C([S-])NCC)c1ncccn1)c1ccccc1.[Cu+2]. The van der Waals surface area contributed by atoms with Crippen molar-refractivity contribution in [2.75, 3.05) is 13.1 Å². The Balaban J connectivity index is 0.00000420. The van der Waals surface area contributed by atoms with Crippen LogP contribution >= 0.6 is 0 Å². The molecular weight excluding hydrogens is 456 g/mol. The van der Waals surface area contributed by atoms with Crippen LogP contribution in [-0.4, -0.2) is 44.8 Å². The van der Waals surface area contributed by atoms with Gasteiger partial charge in [-0.15, -0.1) is 10.2 Å². The second-order valence-corrected chi connectivity index (χ2v) is 5.98. The smallest absolute Gasteiger partial charge is 0.741 e. The Morgan fingerprint density at radius 1 is 0.793 bits per heavy atom. The van der Waals surface area contributed by atoms with Crippen LogP contribution in [0.4, 0.5) is 0 Å². The van der Waals surface area contributed by atoms with E-state index in [1.54, 1.807) is 18.5 Å². The first-order valence-corrected chi connectivity index (χ1v) is 9.43. The van der Waals surface area contributed by atoms with Gasteiger partial charge in [-0.3, -0.25) is 0 Å². The normalized spacial score (nSPS) is 12.9. The third-order valence-corrected chi connectivity index (χ3v) is 3.64. The number of nitrogens with one attached hydrogen (secondary N) is 2. The Bertz CT molecular complexity index is 796. The minimum absolute atomic E-state index is 0. The quantitative estimate of drug-likeness (QED) is 0.207. The van der Waals surface area contributed by atoms with E-state index in [9.17, 15) is 0 Å². The minimum Gasteiger partial charge on any atom is -0.741 e. The summed E-state index contributed by atoms with van der Waals surface area (Å²) in [6.45, 7) is 5.13. The molecule has 0 atom stereocenters. The van der Waals surface area contributed by atoms with Crippen molar-refractivity contribution in [1.29, 1.82) is 0 Å². The molecule has 1 aromatic carbocycles. The monoisotopic (exact) mass is 475 g/mol. The van der Waals surface area contributed by atoms with E-state index in [0.717, 1.165) is 5.56 Å². The molecule has 0 spiro atoms. The van der Waals surface area contributed by atoms with Crippen LogP contribution in [0.25, 0.3) is 0 Å². The van der Waals surface area contributed by atoms with Gasteiger partial charge in [0, 0.05) is 31.0 Å². The summed E-state index contributed by atoms with van der Waals surface area (Å²) >= 11 is 10.3. The summed E-state index contributed by atoms with van der Waals surface area (Å²) in [5.74, 6) is 0.345. The Labute approximate surface area is 191 Å². The van der Waals surface area contributed by atoms with Crippen molar-refractivity contribution in [2.24, 2.45) is 20.4 Å². The number of amidine groups is 2. The number of nitrogens with zero attached hydrogens (tertiary/aromatic N) is 6. The van der Waals surface area contributed by atoms with Crippen molar-refractivity contribution in [2.45, 2.75) is 13.8 Å². The van der Waals surface area contributed by atoms with Crippen LogP contribution in [0.3, 0.4) is 0 Å². The molecule has 0 aliphatic carbocycles. The van der Waals surface area contributed by atoms with Crippen molar-refractivity contribution >= 4 is 47.0 Å². The van der Waals surface area contributed by atoms with Crippen molar-refractivity contribution in [3.05, 3.63) is 60.2 Å². The van der Waals surface area contributed by atoms with Gasteiger partial charge < -0.3 is 35.9 Å². The van der Waals surface area contributed by atoms with Crippen molar-refractivity contribution in [3.8, 4) is 0 Å². The molecule has 0 saturated carbocycles. The minimum atomic E-state index is 0. The molecule has 155 valence electrons. The summed E-state index contributed by atoms with van der Waals surface area (Å²) in [6, 6.07) is 11.2. The predicted octanol–water partition coefficient (Wildman–Crippen LogP) is 1.61. The summed E-state index contributed by atoms with van der Waals surface area (Å²) in [7, 11) is 0. The van der Waals surface area contributed by atoms with E-state index in [4.69, 9.17) is 25.3 Å². The van der Waals surface area contributed by atoms with E-state index in [0.29, 0.717) is 30.3 Å². The van der Waals surface area contributed by atoms with Gasteiger partial charge in [-0.2, -0.15) is 10.2 Å². The number of hydrogen-bond donors (Lipinski definition) is 2. The molecule has 11 heteroatoms. The first kappa shape index (κ1) is 24.6. The van der Waals surface area contributed by atoms with E-state index in [1.807, 2.05) is 44.2 Å². The average molecular weight is 476 g/mol. The molecule has 0 saturated heterocycles. The fourth-order valence-electron chi connectivity index (χ4n) is 2.02. The number of aromatic nitrogens is 2. The predicted molar refractivity (Wildman–Crippen MR) is 119 cm³/mol. The second-order valence-electron chi connectivity index (χ2n) is 5.21. The van der Waals surface area contributed by atoms with Crippen LogP contribution in [0.15, 0.2) is 69.2 Å². The molecule has 1 heterocycles. The maximum atomic E-state index is 5.16. The van der Waals surface area contributed by atoms with Gasteiger partial charge in [0.25, 0.3) is 0 Å². The van der Waals surface area contributed by atoms with E-state index >= 15 is 0 Å². The van der Waals surface area contributed by atoms with Crippen LogP contribution < -0.4 is 10.6 Å². The fourth-order valence-corrected chi connectivity index (χ4v) is 2.39. The van der Waals surface area contributed by atoms with Crippen molar-refractivity contribution in [3.63, 3.8) is 0 Å². The van der Waals surface area contributed by atoms with Gasteiger partial charge in [0.05, 0.1) is 0 Å². The summed E-state index contributed by atoms with van der Waals surface area (Å²) in [4.78, 5) is 8.55. The first-order chi connectivity index (χ1) is 13.7. The molecule has 0 unspecified atom stereocenters. The van der Waals surface area contributed by atoms with Gasteiger partial charge in [-0.05, 0) is 30.2 Å². The zero-order valence-corrected chi connectivity index (χ0v) is 18.4. The number of benzene rings is 1. The Morgan fingerprint density at radius 3 is 1.83 bits per heavy atom. The maximum absolute atomic E-state index is 5.16. The van der Waals surface area contributed by atoms with Gasteiger partial charge in [-0.25, -0.2) is 9.97 Å². The number of rotatable bonds is 7. The van der Waals surface area contributed by atoms with E-state index in [-0.39, 0.29) is 27.4 Å².